The molecule has 1 fully saturated rings. The van der Waals surface area contributed by atoms with Crippen molar-refractivity contribution in [2.75, 3.05) is 24.6 Å². The number of sulfonamides is 1. The van der Waals surface area contributed by atoms with Crippen molar-refractivity contribution < 1.29 is 22.7 Å². The van der Waals surface area contributed by atoms with Gasteiger partial charge in [-0.3, -0.25) is 4.79 Å². The summed E-state index contributed by atoms with van der Waals surface area (Å²) in [6.45, 7) is 3.80. The molecule has 164 valence electrons. The predicted octanol–water partition coefficient (Wildman–Crippen LogP) is 1.25. The number of carbonyl (C=O) groups excluding carboxylic acids is 2. The summed E-state index contributed by atoms with van der Waals surface area (Å²) in [5.74, 6) is -1.56. The third-order valence-corrected chi connectivity index (χ3v) is 6.25. The number of aromatic nitrogens is 1. The third-order valence-electron chi connectivity index (χ3n) is 4.89. The van der Waals surface area contributed by atoms with Crippen molar-refractivity contribution >= 4 is 27.7 Å². The minimum Gasteiger partial charge on any atom is -0.462 e. The Morgan fingerprint density at radius 3 is 2.44 bits per heavy atom. The van der Waals surface area contributed by atoms with Gasteiger partial charge in [0, 0.05) is 13.1 Å². The zero-order valence-corrected chi connectivity index (χ0v) is 18.1. The van der Waals surface area contributed by atoms with E-state index in [1.54, 1.807) is 18.7 Å². The fourth-order valence-corrected chi connectivity index (χ4v) is 4.18. The fraction of sp³-hybridized carbons (Fsp3) is 0.286. The van der Waals surface area contributed by atoms with Crippen molar-refractivity contribution in [1.29, 1.82) is 10.5 Å². The number of nitriles is 2. The number of nitrogens with zero attached hydrogens (tertiary/aromatic N) is 4. The summed E-state index contributed by atoms with van der Waals surface area (Å²) in [5.41, 5.74) is 1.03. The van der Waals surface area contributed by atoms with Crippen LogP contribution in [-0.4, -0.2) is 45.0 Å². The van der Waals surface area contributed by atoms with Crippen LogP contribution < -0.4 is 9.62 Å². The van der Waals surface area contributed by atoms with E-state index in [0.29, 0.717) is 17.1 Å². The Balaban J connectivity index is 1.69. The van der Waals surface area contributed by atoms with Crippen molar-refractivity contribution in [3.05, 3.63) is 52.7 Å². The van der Waals surface area contributed by atoms with Gasteiger partial charge >= 0.3 is 5.97 Å². The first-order valence-electron chi connectivity index (χ1n) is 9.60. The Labute approximate surface area is 185 Å². The zero-order valence-electron chi connectivity index (χ0n) is 17.3. The van der Waals surface area contributed by atoms with Gasteiger partial charge in [0.25, 0.3) is 10.0 Å². The van der Waals surface area contributed by atoms with Crippen LogP contribution in [0.4, 0.5) is 5.82 Å². The first-order chi connectivity index (χ1) is 15.2. The Morgan fingerprint density at radius 2 is 1.88 bits per heavy atom. The number of amides is 1. The highest BCUT2D eigenvalue weighted by molar-refractivity contribution is 7.90. The summed E-state index contributed by atoms with van der Waals surface area (Å²) in [6, 6.07) is 10.5. The van der Waals surface area contributed by atoms with Gasteiger partial charge in [-0.05, 0) is 44.2 Å². The average molecular weight is 453 g/mol. The highest BCUT2D eigenvalue weighted by Crippen LogP contribution is 2.28. The standard InChI is InChI=1S/C21H19N5O5S/c1-3-31-21(28)18-8-15(10-23)19(24-13(18)2)26-11-16(12-26)20(27)25-32(29,30)17-6-4-14(9-22)5-7-17/h4-8,16H,3,11-12H2,1-2H3,(H,25,27). The van der Waals surface area contributed by atoms with E-state index in [-0.39, 0.29) is 35.7 Å². The molecule has 32 heavy (non-hydrogen) atoms. The molecular weight excluding hydrogens is 434 g/mol. The Kier molecular flexibility index (Phi) is 6.42. The van der Waals surface area contributed by atoms with Gasteiger partial charge in [-0.25, -0.2) is 22.9 Å². The topological polar surface area (TPSA) is 153 Å². The highest BCUT2D eigenvalue weighted by atomic mass is 32.2. The predicted molar refractivity (Wildman–Crippen MR) is 112 cm³/mol. The lowest BCUT2D eigenvalue weighted by atomic mass is 9.98. The van der Waals surface area contributed by atoms with Crippen LogP contribution in [0, 0.1) is 35.5 Å². The Bertz CT molecular complexity index is 1250. The molecule has 3 rings (SSSR count). The first kappa shape index (κ1) is 22.7. The number of hydrogen-bond acceptors (Lipinski definition) is 9. The summed E-state index contributed by atoms with van der Waals surface area (Å²) in [6.07, 6.45) is 0. The second-order valence-corrected chi connectivity index (χ2v) is 8.72. The van der Waals surface area contributed by atoms with E-state index in [2.05, 4.69) is 4.98 Å². The third kappa shape index (κ3) is 4.53. The molecule has 1 amide bonds. The average Bonchev–Trinajstić information content (AvgIpc) is 2.72. The lowest BCUT2D eigenvalue weighted by Gasteiger charge is -2.39. The van der Waals surface area contributed by atoms with E-state index in [1.807, 2.05) is 16.9 Å². The van der Waals surface area contributed by atoms with Gasteiger partial charge in [0.05, 0.1) is 45.9 Å². The van der Waals surface area contributed by atoms with Crippen LogP contribution >= 0.6 is 0 Å². The number of ether oxygens (including phenoxy) is 1. The van der Waals surface area contributed by atoms with Crippen molar-refractivity contribution in [1.82, 2.24) is 9.71 Å². The summed E-state index contributed by atoms with van der Waals surface area (Å²) in [7, 11) is -4.07. The van der Waals surface area contributed by atoms with Gasteiger partial charge < -0.3 is 9.64 Å². The minimum atomic E-state index is -4.07. The number of aryl methyl sites for hydroxylation is 1. The monoisotopic (exact) mass is 453 g/mol. The quantitative estimate of drug-likeness (QED) is 0.637. The summed E-state index contributed by atoms with van der Waals surface area (Å²) in [5, 5.41) is 18.3. The van der Waals surface area contributed by atoms with Crippen molar-refractivity contribution in [3.8, 4) is 12.1 Å². The molecule has 1 aliphatic heterocycles. The molecule has 0 spiro atoms. The lowest BCUT2D eigenvalue weighted by Crippen LogP contribution is -2.55. The highest BCUT2D eigenvalue weighted by Gasteiger charge is 2.37. The van der Waals surface area contributed by atoms with E-state index in [0.717, 1.165) is 0 Å². The largest absolute Gasteiger partial charge is 0.462 e. The number of rotatable bonds is 6. The van der Waals surface area contributed by atoms with Crippen molar-refractivity contribution in [3.63, 3.8) is 0 Å². The number of esters is 1. The van der Waals surface area contributed by atoms with Gasteiger partial charge in [-0.2, -0.15) is 10.5 Å². The van der Waals surface area contributed by atoms with E-state index in [9.17, 15) is 23.3 Å². The molecular formula is C21H19N5O5S. The minimum absolute atomic E-state index is 0.125. The van der Waals surface area contributed by atoms with Gasteiger partial charge in [-0.15, -0.1) is 0 Å². The maximum atomic E-state index is 12.4. The van der Waals surface area contributed by atoms with Gasteiger partial charge in [0.1, 0.15) is 11.9 Å². The van der Waals surface area contributed by atoms with Crippen LogP contribution in [0.5, 0.6) is 0 Å². The van der Waals surface area contributed by atoms with Crippen LogP contribution in [0.1, 0.15) is 34.1 Å². The lowest BCUT2D eigenvalue weighted by molar-refractivity contribution is -0.123. The Morgan fingerprint density at radius 1 is 1.22 bits per heavy atom. The zero-order chi connectivity index (χ0) is 23.5. The van der Waals surface area contributed by atoms with E-state index < -0.39 is 27.8 Å². The summed E-state index contributed by atoms with van der Waals surface area (Å²) >= 11 is 0. The molecule has 2 heterocycles. The molecule has 1 aliphatic rings. The Hall–Kier alpha value is -3.96. The normalized spacial score (nSPS) is 13.4. The van der Waals surface area contributed by atoms with Gasteiger partial charge in [0.2, 0.25) is 5.91 Å². The molecule has 1 N–H and O–H groups in total. The molecule has 10 nitrogen and oxygen atoms in total. The number of hydrogen-bond donors (Lipinski definition) is 1. The molecule has 1 aromatic heterocycles. The van der Waals surface area contributed by atoms with E-state index in [1.165, 1.54) is 30.3 Å². The SMILES string of the molecule is CCOC(=O)c1cc(C#N)c(N2CC(C(=O)NS(=O)(=O)c3ccc(C#N)cc3)C2)nc1C. The molecule has 0 atom stereocenters. The number of carbonyl (C=O) groups is 2. The van der Waals surface area contributed by atoms with Gasteiger partial charge in [-0.1, -0.05) is 0 Å². The maximum Gasteiger partial charge on any atom is 0.340 e. The molecule has 0 aliphatic carbocycles. The molecule has 11 heteroatoms. The van der Waals surface area contributed by atoms with E-state index in [4.69, 9.17) is 10.00 Å². The van der Waals surface area contributed by atoms with E-state index >= 15 is 0 Å². The maximum absolute atomic E-state index is 12.4. The second kappa shape index (κ2) is 9.04. The second-order valence-electron chi connectivity index (χ2n) is 7.03. The molecule has 1 saturated heterocycles. The van der Waals surface area contributed by atoms with Crippen molar-refractivity contribution in [2.24, 2.45) is 5.92 Å². The van der Waals surface area contributed by atoms with Gasteiger partial charge in [0.15, 0.2) is 0 Å². The van der Waals surface area contributed by atoms with Crippen LogP contribution in [0.25, 0.3) is 0 Å². The van der Waals surface area contributed by atoms with Crippen molar-refractivity contribution in [2.45, 2.75) is 18.7 Å². The number of benzene rings is 1. The molecule has 0 saturated carbocycles. The number of anilines is 1. The van der Waals surface area contributed by atoms with Crippen LogP contribution in [0.15, 0.2) is 35.2 Å². The van der Waals surface area contributed by atoms with Crippen LogP contribution in [-0.2, 0) is 19.6 Å². The molecule has 1 aromatic carbocycles. The molecule has 0 bridgehead atoms. The molecule has 2 aromatic rings. The molecule has 0 radical (unpaired) electrons. The number of pyridine rings is 1. The first-order valence-corrected chi connectivity index (χ1v) is 11.1. The fourth-order valence-electron chi connectivity index (χ4n) is 3.13. The van der Waals surface area contributed by atoms with Crippen LogP contribution in [0.2, 0.25) is 0 Å². The van der Waals surface area contributed by atoms with Crippen LogP contribution in [0.3, 0.4) is 0 Å². The summed E-state index contributed by atoms with van der Waals surface area (Å²) in [4.78, 5) is 30.3. The smallest absolute Gasteiger partial charge is 0.340 e. The number of nitrogens with one attached hydrogen (secondary N) is 1. The molecule has 0 unspecified atom stereocenters. The summed E-state index contributed by atoms with van der Waals surface area (Å²) < 4.78 is 31.8.